The van der Waals surface area contributed by atoms with Crippen LogP contribution in [0, 0.1) is 13.8 Å². The minimum absolute atomic E-state index is 0.109. The molecule has 1 aliphatic rings. The Kier molecular flexibility index (Phi) is 7.64. The number of aromatic nitrogens is 1. The first-order chi connectivity index (χ1) is 26.9. The third-order valence-electron chi connectivity index (χ3n) is 11.9. The van der Waals surface area contributed by atoms with Gasteiger partial charge in [0, 0.05) is 33.2 Å². The zero-order chi connectivity index (χ0) is 37.3. The van der Waals surface area contributed by atoms with Crippen LogP contribution < -0.4 is 4.90 Å². The van der Waals surface area contributed by atoms with Crippen LogP contribution in [0.25, 0.3) is 60.9 Å². The van der Waals surface area contributed by atoms with E-state index in [1.807, 2.05) is 0 Å². The first-order valence-electron chi connectivity index (χ1n) is 19.3. The summed E-state index contributed by atoms with van der Waals surface area (Å²) in [5, 5.41) is 2.50. The molecule has 2 heteroatoms. The molecule has 0 saturated heterocycles. The number of fused-ring (bicyclic) bond motifs is 6. The topological polar surface area (TPSA) is 8.17 Å². The Balaban J connectivity index is 1.22. The molecular weight excluding hydrogens is 665 g/mol. The van der Waals surface area contributed by atoms with Crippen molar-refractivity contribution in [2.75, 3.05) is 4.90 Å². The lowest BCUT2D eigenvalue weighted by Gasteiger charge is -2.30. The zero-order valence-electron chi connectivity index (χ0n) is 31.7. The summed E-state index contributed by atoms with van der Waals surface area (Å²) < 4.78 is 2.39. The van der Waals surface area contributed by atoms with Gasteiger partial charge in [-0.15, -0.1) is 0 Å². The SMILES string of the molecule is Cc1ccccc1-c1cc(-c2ccc3c(c2)c2ccccc2n3-c2ccccc2)cc(N(c2ccccc2)c2ccc3c(c2)C(C)(C)c2ccccc2-3)c1C. The van der Waals surface area contributed by atoms with E-state index >= 15 is 0 Å². The van der Waals surface area contributed by atoms with E-state index < -0.39 is 0 Å². The van der Waals surface area contributed by atoms with Crippen molar-refractivity contribution in [1.29, 1.82) is 0 Å². The number of aryl methyl sites for hydroxylation is 1. The van der Waals surface area contributed by atoms with Gasteiger partial charge >= 0.3 is 0 Å². The molecule has 0 unspecified atom stereocenters. The van der Waals surface area contributed by atoms with E-state index in [-0.39, 0.29) is 5.41 Å². The summed E-state index contributed by atoms with van der Waals surface area (Å²) in [5.74, 6) is 0. The third kappa shape index (κ3) is 5.24. The van der Waals surface area contributed by atoms with Gasteiger partial charge in [0.2, 0.25) is 0 Å². The molecule has 264 valence electrons. The second-order valence-corrected chi connectivity index (χ2v) is 15.5. The molecule has 10 rings (SSSR count). The molecule has 0 bridgehead atoms. The molecule has 8 aromatic carbocycles. The number of rotatable bonds is 6. The van der Waals surface area contributed by atoms with Gasteiger partial charge in [-0.3, -0.25) is 0 Å². The number of para-hydroxylation sites is 3. The standard InChI is InChI=1S/C53H42N2/c1-35-17-11-12-22-42(35)46-32-38(37-27-30-51-47(31-37)45-24-14-16-26-50(45)55(51)40-20-9-6-10-21-40)33-52(36(46)2)54(39-18-7-5-8-19-39)41-28-29-44-43-23-13-15-25-48(43)53(3,4)49(44)34-41/h5-34H,1-4H3. The summed E-state index contributed by atoms with van der Waals surface area (Å²) in [5.41, 5.74) is 19.7. The van der Waals surface area contributed by atoms with Crippen molar-refractivity contribution < 1.29 is 0 Å². The zero-order valence-corrected chi connectivity index (χ0v) is 31.7. The van der Waals surface area contributed by atoms with Crippen molar-refractivity contribution in [3.63, 3.8) is 0 Å². The summed E-state index contributed by atoms with van der Waals surface area (Å²) in [6.45, 7) is 9.24. The van der Waals surface area contributed by atoms with Crippen LogP contribution in [-0.4, -0.2) is 4.57 Å². The van der Waals surface area contributed by atoms with Crippen LogP contribution in [-0.2, 0) is 5.41 Å². The summed E-state index contributed by atoms with van der Waals surface area (Å²) in [6.07, 6.45) is 0. The van der Waals surface area contributed by atoms with Crippen LogP contribution >= 0.6 is 0 Å². The summed E-state index contributed by atoms with van der Waals surface area (Å²) in [6, 6.07) is 66.9. The fourth-order valence-corrected chi connectivity index (χ4v) is 9.10. The van der Waals surface area contributed by atoms with E-state index in [9.17, 15) is 0 Å². The van der Waals surface area contributed by atoms with E-state index in [1.54, 1.807) is 0 Å². The highest BCUT2D eigenvalue weighted by Crippen LogP contribution is 2.51. The lowest BCUT2D eigenvalue weighted by atomic mass is 9.82. The minimum atomic E-state index is -0.109. The first kappa shape index (κ1) is 33.0. The number of nitrogens with zero attached hydrogens (tertiary/aromatic N) is 2. The van der Waals surface area contributed by atoms with Crippen LogP contribution in [0.4, 0.5) is 17.1 Å². The largest absolute Gasteiger partial charge is 0.310 e. The maximum atomic E-state index is 2.47. The molecule has 9 aromatic rings. The van der Waals surface area contributed by atoms with Crippen LogP contribution in [0.3, 0.4) is 0 Å². The monoisotopic (exact) mass is 706 g/mol. The van der Waals surface area contributed by atoms with Gasteiger partial charge in [0.1, 0.15) is 0 Å². The fourth-order valence-electron chi connectivity index (χ4n) is 9.10. The van der Waals surface area contributed by atoms with Crippen LogP contribution in [0.15, 0.2) is 182 Å². The first-order valence-corrected chi connectivity index (χ1v) is 19.3. The van der Waals surface area contributed by atoms with Gasteiger partial charge in [0.05, 0.1) is 16.7 Å². The van der Waals surface area contributed by atoms with Crippen LogP contribution in [0.5, 0.6) is 0 Å². The Labute approximate surface area is 323 Å². The molecule has 0 atom stereocenters. The van der Waals surface area contributed by atoms with Crippen LogP contribution in [0.1, 0.15) is 36.1 Å². The normalized spacial score (nSPS) is 12.9. The Bertz CT molecular complexity index is 2910. The molecule has 1 aromatic heterocycles. The van der Waals surface area contributed by atoms with Gasteiger partial charge in [-0.25, -0.2) is 0 Å². The van der Waals surface area contributed by atoms with Gasteiger partial charge in [0.25, 0.3) is 0 Å². The van der Waals surface area contributed by atoms with Crippen molar-refractivity contribution in [2.45, 2.75) is 33.1 Å². The summed E-state index contributed by atoms with van der Waals surface area (Å²) >= 11 is 0. The predicted molar refractivity (Wildman–Crippen MR) is 233 cm³/mol. The highest BCUT2D eigenvalue weighted by Gasteiger charge is 2.36. The van der Waals surface area contributed by atoms with Crippen LogP contribution in [0.2, 0.25) is 0 Å². The Hall–Kier alpha value is -6.64. The number of anilines is 3. The van der Waals surface area contributed by atoms with Gasteiger partial charge in [-0.05, 0) is 136 Å². The van der Waals surface area contributed by atoms with Crippen molar-refractivity contribution in [3.8, 4) is 39.1 Å². The quantitative estimate of drug-likeness (QED) is 0.167. The van der Waals surface area contributed by atoms with E-state index in [0.29, 0.717) is 0 Å². The molecular formula is C53H42N2. The molecule has 1 aliphatic carbocycles. The highest BCUT2D eigenvalue weighted by molar-refractivity contribution is 6.10. The molecule has 0 saturated carbocycles. The van der Waals surface area contributed by atoms with E-state index in [0.717, 1.165) is 11.4 Å². The fraction of sp³-hybridized carbons (Fsp3) is 0.0943. The van der Waals surface area contributed by atoms with Gasteiger partial charge in [0.15, 0.2) is 0 Å². The van der Waals surface area contributed by atoms with E-state index in [1.165, 1.54) is 88.8 Å². The average Bonchev–Trinajstić information content (AvgIpc) is 3.67. The Morgan fingerprint density at radius 3 is 1.89 bits per heavy atom. The van der Waals surface area contributed by atoms with Gasteiger partial charge < -0.3 is 9.47 Å². The van der Waals surface area contributed by atoms with Crippen molar-refractivity contribution >= 4 is 38.9 Å². The van der Waals surface area contributed by atoms with Crippen molar-refractivity contribution in [3.05, 3.63) is 204 Å². The smallest absolute Gasteiger partial charge is 0.0541 e. The molecule has 0 amide bonds. The summed E-state index contributed by atoms with van der Waals surface area (Å²) in [7, 11) is 0. The maximum absolute atomic E-state index is 2.47. The van der Waals surface area contributed by atoms with Crippen molar-refractivity contribution in [2.24, 2.45) is 0 Å². The second kappa shape index (κ2) is 12.7. The molecule has 2 nitrogen and oxygen atoms in total. The van der Waals surface area contributed by atoms with E-state index in [2.05, 4.69) is 219 Å². The Morgan fingerprint density at radius 2 is 1.09 bits per heavy atom. The lowest BCUT2D eigenvalue weighted by Crippen LogP contribution is -2.17. The third-order valence-corrected chi connectivity index (χ3v) is 11.9. The van der Waals surface area contributed by atoms with Gasteiger partial charge in [-0.2, -0.15) is 0 Å². The molecule has 0 radical (unpaired) electrons. The molecule has 1 heterocycles. The Morgan fingerprint density at radius 1 is 0.436 bits per heavy atom. The molecule has 0 spiro atoms. The molecule has 0 aliphatic heterocycles. The van der Waals surface area contributed by atoms with Gasteiger partial charge in [-0.1, -0.05) is 129 Å². The number of benzene rings is 8. The highest BCUT2D eigenvalue weighted by atomic mass is 15.1. The maximum Gasteiger partial charge on any atom is 0.0541 e. The predicted octanol–water partition coefficient (Wildman–Crippen LogP) is 14.5. The summed E-state index contributed by atoms with van der Waals surface area (Å²) in [4.78, 5) is 2.47. The second-order valence-electron chi connectivity index (χ2n) is 15.5. The molecule has 0 N–H and O–H groups in total. The molecule has 0 fully saturated rings. The average molecular weight is 707 g/mol. The van der Waals surface area contributed by atoms with Crippen molar-refractivity contribution in [1.82, 2.24) is 4.57 Å². The number of hydrogen-bond donors (Lipinski definition) is 0. The lowest BCUT2D eigenvalue weighted by molar-refractivity contribution is 0.660. The number of hydrogen-bond acceptors (Lipinski definition) is 1. The molecule has 55 heavy (non-hydrogen) atoms. The van der Waals surface area contributed by atoms with E-state index in [4.69, 9.17) is 0 Å². The minimum Gasteiger partial charge on any atom is -0.310 e.